The lowest BCUT2D eigenvalue weighted by Gasteiger charge is -2.17. The number of benzene rings is 1. The molecule has 1 aromatic heterocycles. The first kappa shape index (κ1) is 14.8. The van der Waals surface area contributed by atoms with E-state index in [9.17, 15) is 8.42 Å². The zero-order valence-electron chi connectivity index (χ0n) is 12.4. The van der Waals surface area contributed by atoms with Crippen LogP contribution in [-0.4, -0.2) is 20.5 Å². The molecular weight excluding hydrogens is 300 g/mol. The first-order valence-corrected chi connectivity index (χ1v) is 8.71. The van der Waals surface area contributed by atoms with Crippen LogP contribution in [0.15, 0.2) is 41.4 Å². The van der Waals surface area contributed by atoms with E-state index < -0.39 is 10.0 Å². The summed E-state index contributed by atoms with van der Waals surface area (Å²) in [6.07, 6.45) is 5.76. The van der Waals surface area contributed by atoms with Crippen molar-refractivity contribution in [3.8, 4) is 5.75 Å². The van der Waals surface area contributed by atoms with E-state index in [1.54, 1.807) is 24.3 Å². The first-order chi connectivity index (χ1) is 10.6. The molecule has 0 spiro atoms. The molecule has 116 valence electrons. The number of aromatic nitrogens is 1. The van der Waals surface area contributed by atoms with E-state index in [0.717, 1.165) is 24.8 Å². The highest BCUT2D eigenvalue weighted by Gasteiger charge is 2.18. The third-order valence-corrected chi connectivity index (χ3v) is 5.19. The molecule has 0 unspecified atom stereocenters. The van der Waals surface area contributed by atoms with Crippen LogP contribution in [-0.2, 0) is 22.9 Å². The van der Waals surface area contributed by atoms with Gasteiger partial charge in [-0.25, -0.2) is 13.4 Å². The molecule has 0 saturated carbocycles. The fourth-order valence-electron chi connectivity index (χ4n) is 2.67. The van der Waals surface area contributed by atoms with Gasteiger partial charge < -0.3 is 4.74 Å². The van der Waals surface area contributed by atoms with Gasteiger partial charge in [-0.05, 0) is 55.0 Å². The molecule has 1 aromatic carbocycles. The fourth-order valence-corrected chi connectivity index (χ4v) is 3.72. The molecule has 0 amide bonds. The van der Waals surface area contributed by atoms with E-state index >= 15 is 0 Å². The SMILES string of the molecule is COc1ccnc(NS(=O)(=O)c2ccc3c(c2)CCCC3)c1. The van der Waals surface area contributed by atoms with Crippen molar-refractivity contribution in [3.63, 3.8) is 0 Å². The summed E-state index contributed by atoms with van der Waals surface area (Å²) in [6, 6.07) is 8.57. The van der Waals surface area contributed by atoms with Gasteiger partial charge in [0.1, 0.15) is 11.6 Å². The molecule has 0 fully saturated rings. The number of methoxy groups -OCH3 is 1. The lowest BCUT2D eigenvalue weighted by atomic mass is 9.92. The van der Waals surface area contributed by atoms with E-state index in [2.05, 4.69) is 9.71 Å². The van der Waals surface area contributed by atoms with E-state index in [1.807, 2.05) is 6.07 Å². The van der Waals surface area contributed by atoms with Crippen molar-refractivity contribution in [1.82, 2.24) is 4.98 Å². The standard InChI is InChI=1S/C16H18N2O3S/c1-21-14-8-9-17-16(11-14)18-22(19,20)15-7-6-12-4-2-3-5-13(12)10-15/h6-11H,2-5H2,1H3,(H,17,18). The normalized spacial score (nSPS) is 14.2. The van der Waals surface area contributed by atoms with Crippen molar-refractivity contribution in [3.05, 3.63) is 47.7 Å². The molecule has 0 radical (unpaired) electrons. The Morgan fingerprint density at radius 3 is 2.64 bits per heavy atom. The van der Waals surface area contributed by atoms with Gasteiger partial charge in [0.15, 0.2) is 0 Å². The Kier molecular flexibility index (Phi) is 4.02. The number of hydrogen-bond donors (Lipinski definition) is 1. The minimum absolute atomic E-state index is 0.247. The molecule has 1 aliphatic carbocycles. The van der Waals surface area contributed by atoms with Crippen LogP contribution in [0.3, 0.4) is 0 Å². The van der Waals surface area contributed by atoms with E-state index in [0.29, 0.717) is 5.75 Å². The smallest absolute Gasteiger partial charge is 0.263 e. The summed E-state index contributed by atoms with van der Waals surface area (Å²) >= 11 is 0. The zero-order chi connectivity index (χ0) is 15.6. The Balaban J connectivity index is 1.89. The minimum Gasteiger partial charge on any atom is -0.497 e. The second-order valence-corrected chi connectivity index (χ2v) is 7.01. The van der Waals surface area contributed by atoms with Gasteiger partial charge in [0.2, 0.25) is 0 Å². The highest BCUT2D eigenvalue weighted by molar-refractivity contribution is 7.92. The van der Waals surface area contributed by atoms with E-state index in [-0.39, 0.29) is 10.7 Å². The maximum atomic E-state index is 12.5. The average molecular weight is 318 g/mol. The number of rotatable bonds is 4. The van der Waals surface area contributed by atoms with Crippen LogP contribution in [0, 0.1) is 0 Å². The molecule has 3 rings (SSSR count). The number of nitrogens with one attached hydrogen (secondary N) is 1. The predicted octanol–water partition coefficient (Wildman–Crippen LogP) is 2.77. The van der Waals surface area contributed by atoms with Crippen LogP contribution in [0.4, 0.5) is 5.82 Å². The molecule has 1 heterocycles. The lowest BCUT2D eigenvalue weighted by Crippen LogP contribution is -2.15. The van der Waals surface area contributed by atoms with Crippen LogP contribution < -0.4 is 9.46 Å². The Labute approximate surface area is 130 Å². The Bertz CT molecular complexity index is 788. The summed E-state index contributed by atoms with van der Waals surface area (Å²) < 4.78 is 32.6. The quantitative estimate of drug-likeness (QED) is 0.941. The summed E-state index contributed by atoms with van der Waals surface area (Å²) in [6.45, 7) is 0. The largest absolute Gasteiger partial charge is 0.497 e. The molecule has 0 saturated heterocycles. The summed E-state index contributed by atoms with van der Waals surface area (Å²) in [5, 5.41) is 0. The lowest BCUT2D eigenvalue weighted by molar-refractivity contribution is 0.414. The number of pyridine rings is 1. The molecule has 0 aliphatic heterocycles. The van der Waals surface area contributed by atoms with Gasteiger partial charge in [-0.2, -0.15) is 0 Å². The third kappa shape index (κ3) is 3.06. The maximum Gasteiger partial charge on any atom is 0.263 e. The van der Waals surface area contributed by atoms with Crippen LogP contribution in [0.25, 0.3) is 0 Å². The molecule has 6 heteroatoms. The Morgan fingerprint density at radius 2 is 1.86 bits per heavy atom. The summed E-state index contributed by atoms with van der Waals surface area (Å²) in [5.41, 5.74) is 2.39. The summed E-state index contributed by atoms with van der Waals surface area (Å²) in [4.78, 5) is 4.29. The number of aryl methyl sites for hydroxylation is 2. The predicted molar refractivity (Wildman–Crippen MR) is 84.7 cm³/mol. The number of fused-ring (bicyclic) bond motifs is 1. The highest BCUT2D eigenvalue weighted by Crippen LogP contribution is 2.25. The topological polar surface area (TPSA) is 68.3 Å². The van der Waals surface area contributed by atoms with Gasteiger partial charge >= 0.3 is 0 Å². The van der Waals surface area contributed by atoms with Crippen molar-refractivity contribution in [2.45, 2.75) is 30.6 Å². The second-order valence-electron chi connectivity index (χ2n) is 5.32. The number of anilines is 1. The highest BCUT2D eigenvalue weighted by atomic mass is 32.2. The third-order valence-electron chi connectivity index (χ3n) is 3.84. The van der Waals surface area contributed by atoms with Crippen LogP contribution in [0.1, 0.15) is 24.0 Å². The molecule has 1 N–H and O–H groups in total. The van der Waals surface area contributed by atoms with Crippen molar-refractivity contribution < 1.29 is 13.2 Å². The molecule has 2 aromatic rings. The van der Waals surface area contributed by atoms with Crippen molar-refractivity contribution in [1.29, 1.82) is 0 Å². The zero-order valence-corrected chi connectivity index (χ0v) is 13.2. The van der Waals surface area contributed by atoms with E-state index in [1.165, 1.54) is 25.3 Å². The Hall–Kier alpha value is -2.08. The average Bonchev–Trinajstić information content (AvgIpc) is 2.54. The monoisotopic (exact) mass is 318 g/mol. The molecule has 0 atom stereocenters. The molecule has 5 nitrogen and oxygen atoms in total. The first-order valence-electron chi connectivity index (χ1n) is 7.23. The van der Waals surface area contributed by atoms with Crippen molar-refractivity contribution in [2.75, 3.05) is 11.8 Å². The van der Waals surface area contributed by atoms with Gasteiger partial charge in [-0.1, -0.05) is 6.07 Å². The fraction of sp³-hybridized carbons (Fsp3) is 0.312. The number of nitrogens with zero attached hydrogens (tertiary/aromatic N) is 1. The molecule has 1 aliphatic rings. The van der Waals surface area contributed by atoms with Crippen LogP contribution >= 0.6 is 0 Å². The van der Waals surface area contributed by atoms with Gasteiger partial charge in [0.25, 0.3) is 10.0 Å². The van der Waals surface area contributed by atoms with E-state index in [4.69, 9.17) is 4.74 Å². The number of ether oxygens (including phenoxy) is 1. The summed E-state index contributed by atoms with van der Waals surface area (Å²) in [5.74, 6) is 0.801. The van der Waals surface area contributed by atoms with Gasteiger partial charge in [0.05, 0.1) is 12.0 Å². The van der Waals surface area contributed by atoms with Crippen LogP contribution in [0.2, 0.25) is 0 Å². The molecule has 22 heavy (non-hydrogen) atoms. The van der Waals surface area contributed by atoms with Gasteiger partial charge in [-0.15, -0.1) is 0 Å². The van der Waals surface area contributed by atoms with Gasteiger partial charge in [-0.3, -0.25) is 4.72 Å². The van der Waals surface area contributed by atoms with Gasteiger partial charge in [0, 0.05) is 12.3 Å². The maximum absolute atomic E-state index is 12.5. The second kappa shape index (κ2) is 5.96. The summed E-state index contributed by atoms with van der Waals surface area (Å²) in [7, 11) is -2.11. The molecule has 0 bridgehead atoms. The number of sulfonamides is 1. The minimum atomic E-state index is -3.64. The Morgan fingerprint density at radius 1 is 1.09 bits per heavy atom. The van der Waals surface area contributed by atoms with Crippen LogP contribution in [0.5, 0.6) is 5.75 Å². The van der Waals surface area contributed by atoms with Crippen molar-refractivity contribution in [2.24, 2.45) is 0 Å². The van der Waals surface area contributed by atoms with Crippen molar-refractivity contribution >= 4 is 15.8 Å². The molecular formula is C16H18N2O3S. The number of hydrogen-bond acceptors (Lipinski definition) is 4.